The van der Waals surface area contributed by atoms with E-state index in [0.29, 0.717) is 12.5 Å². The first-order valence-electron chi connectivity index (χ1n) is 7.38. The van der Waals surface area contributed by atoms with Crippen molar-refractivity contribution < 1.29 is 0 Å². The summed E-state index contributed by atoms with van der Waals surface area (Å²) in [6, 6.07) is 18.4. The Balaban J connectivity index is 1.80. The van der Waals surface area contributed by atoms with Crippen molar-refractivity contribution in [2.45, 2.75) is 18.6 Å². The average Bonchev–Trinajstić information content (AvgIpc) is 2.98. The summed E-state index contributed by atoms with van der Waals surface area (Å²) in [6.07, 6.45) is 3.79. The van der Waals surface area contributed by atoms with Gasteiger partial charge in [-0.3, -0.25) is 0 Å². The number of aryl methyl sites for hydroxylation is 1. The quantitative estimate of drug-likeness (QED) is 0.524. The Labute approximate surface area is 140 Å². The average molecular weight is 322 g/mol. The number of aromatic nitrogens is 3. The van der Waals surface area contributed by atoms with E-state index in [4.69, 9.17) is 0 Å². The van der Waals surface area contributed by atoms with Gasteiger partial charge in [0.1, 0.15) is 0 Å². The normalized spacial score (nSPS) is 11.2. The van der Waals surface area contributed by atoms with Gasteiger partial charge in [0.2, 0.25) is 0 Å². The van der Waals surface area contributed by atoms with Crippen LogP contribution in [0.15, 0.2) is 64.7 Å². The number of thioether (sulfide) groups is 1. The molecule has 0 atom stereocenters. The molecule has 5 heteroatoms. The van der Waals surface area contributed by atoms with Crippen LogP contribution in [0.1, 0.15) is 16.7 Å². The van der Waals surface area contributed by atoms with Gasteiger partial charge in [-0.2, -0.15) is 4.98 Å². The molecule has 0 aliphatic rings. The standard InChI is InChI=1S/C18H18N4S/c1-14-8-10-16(11-9-14)13-22-18(23-2)20-17(21-22)19-12-15-6-4-3-5-7-15/h3-12H,13H2,1-2H3/b19-12-. The van der Waals surface area contributed by atoms with Crippen LogP contribution in [0.4, 0.5) is 5.95 Å². The summed E-state index contributed by atoms with van der Waals surface area (Å²) in [5, 5.41) is 5.37. The highest BCUT2D eigenvalue weighted by Gasteiger charge is 2.08. The van der Waals surface area contributed by atoms with E-state index < -0.39 is 0 Å². The predicted molar refractivity (Wildman–Crippen MR) is 95.8 cm³/mol. The molecule has 0 unspecified atom stereocenters. The van der Waals surface area contributed by atoms with Crippen molar-refractivity contribution in [1.29, 1.82) is 0 Å². The molecular formula is C18H18N4S. The summed E-state index contributed by atoms with van der Waals surface area (Å²) < 4.78 is 1.90. The number of rotatable bonds is 5. The number of aliphatic imine (C=N–C) groups is 1. The van der Waals surface area contributed by atoms with Crippen LogP contribution in [0, 0.1) is 6.92 Å². The van der Waals surface area contributed by atoms with Crippen LogP contribution in [0.2, 0.25) is 0 Å². The van der Waals surface area contributed by atoms with E-state index in [9.17, 15) is 0 Å². The molecule has 1 heterocycles. The zero-order valence-electron chi connectivity index (χ0n) is 13.2. The Morgan fingerprint density at radius 2 is 1.83 bits per heavy atom. The summed E-state index contributed by atoms with van der Waals surface area (Å²) >= 11 is 1.58. The fraction of sp³-hybridized carbons (Fsp3) is 0.167. The van der Waals surface area contributed by atoms with Gasteiger partial charge in [0.05, 0.1) is 6.54 Å². The molecule has 0 fully saturated rings. The van der Waals surface area contributed by atoms with Gasteiger partial charge >= 0.3 is 0 Å². The molecule has 0 radical (unpaired) electrons. The first-order valence-corrected chi connectivity index (χ1v) is 8.60. The molecule has 0 aliphatic heterocycles. The molecule has 0 bridgehead atoms. The Morgan fingerprint density at radius 3 is 2.52 bits per heavy atom. The fourth-order valence-electron chi connectivity index (χ4n) is 2.16. The van der Waals surface area contributed by atoms with Crippen LogP contribution in [0.25, 0.3) is 0 Å². The van der Waals surface area contributed by atoms with E-state index in [1.807, 2.05) is 41.3 Å². The molecular weight excluding hydrogens is 304 g/mol. The van der Waals surface area contributed by atoms with E-state index in [-0.39, 0.29) is 0 Å². The highest BCUT2D eigenvalue weighted by Crippen LogP contribution is 2.18. The molecule has 23 heavy (non-hydrogen) atoms. The van der Waals surface area contributed by atoms with Crippen LogP contribution >= 0.6 is 11.8 Å². The molecule has 0 spiro atoms. The number of benzene rings is 2. The number of nitrogens with zero attached hydrogens (tertiary/aromatic N) is 4. The summed E-state index contributed by atoms with van der Waals surface area (Å²) in [5.74, 6) is 0.491. The lowest BCUT2D eigenvalue weighted by Crippen LogP contribution is -2.03. The van der Waals surface area contributed by atoms with Crippen molar-refractivity contribution >= 4 is 23.9 Å². The molecule has 0 aliphatic carbocycles. The van der Waals surface area contributed by atoms with Crippen molar-refractivity contribution in [3.05, 3.63) is 71.3 Å². The van der Waals surface area contributed by atoms with Crippen LogP contribution in [0.3, 0.4) is 0 Å². The molecule has 2 aromatic carbocycles. The molecule has 116 valence electrons. The van der Waals surface area contributed by atoms with E-state index in [1.54, 1.807) is 18.0 Å². The largest absolute Gasteiger partial charge is 0.269 e. The minimum atomic E-state index is 0.491. The molecule has 0 N–H and O–H groups in total. The molecule has 0 saturated carbocycles. The van der Waals surface area contributed by atoms with Gasteiger partial charge in [0.15, 0.2) is 5.16 Å². The van der Waals surface area contributed by atoms with Crippen molar-refractivity contribution in [3.8, 4) is 0 Å². The lowest BCUT2D eigenvalue weighted by molar-refractivity contribution is 0.619. The minimum absolute atomic E-state index is 0.491. The smallest absolute Gasteiger partial charge is 0.234 e. The van der Waals surface area contributed by atoms with Crippen molar-refractivity contribution in [2.75, 3.05) is 6.26 Å². The fourth-order valence-corrected chi connectivity index (χ4v) is 2.65. The third kappa shape index (κ3) is 4.07. The predicted octanol–water partition coefficient (Wildman–Crippen LogP) is 4.11. The maximum absolute atomic E-state index is 4.50. The Morgan fingerprint density at radius 1 is 1.09 bits per heavy atom. The maximum atomic E-state index is 4.50. The zero-order valence-corrected chi connectivity index (χ0v) is 14.0. The van der Waals surface area contributed by atoms with Gasteiger partial charge in [-0.1, -0.05) is 71.9 Å². The first-order chi connectivity index (χ1) is 11.2. The molecule has 4 nitrogen and oxygen atoms in total. The van der Waals surface area contributed by atoms with Crippen LogP contribution in [-0.4, -0.2) is 27.2 Å². The second-order valence-corrected chi connectivity index (χ2v) is 5.98. The second-order valence-electron chi connectivity index (χ2n) is 5.21. The lowest BCUT2D eigenvalue weighted by Gasteiger charge is -2.04. The topological polar surface area (TPSA) is 43.1 Å². The van der Waals surface area contributed by atoms with E-state index in [0.717, 1.165) is 10.7 Å². The molecule has 3 aromatic rings. The van der Waals surface area contributed by atoms with Gasteiger partial charge < -0.3 is 0 Å². The minimum Gasteiger partial charge on any atom is -0.234 e. The second kappa shape index (κ2) is 7.24. The molecule has 0 saturated heterocycles. The molecule has 1 aromatic heterocycles. The zero-order chi connectivity index (χ0) is 16.1. The number of hydrogen-bond acceptors (Lipinski definition) is 4. The summed E-state index contributed by atoms with van der Waals surface area (Å²) in [7, 11) is 0. The Kier molecular flexibility index (Phi) is 4.88. The summed E-state index contributed by atoms with van der Waals surface area (Å²) in [6.45, 7) is 2.79. The van der Waals surface area contributed by atoms with Crippen LogP contribution in [0.5, 0.6) is 0 Å². The summed E-state index contributed by atoms with van der Waals surface area (Å²) in [4.78, 5) is 8.85. The third-order valence-corrected chi connectivity index (χ3v) is 4.06. The maximum Gasteiger partial charge on any atom is 0.269 e. The van der Waals surface area contributed by atoms with Gasteiger partial charge in [0, 0.05) is 6.21 Å². The Bertz CT molecular complexity index is 792. The van der Waals surface area contributed by atoms with Gasteiger partial charge in [-0.05, 0) is 24.3 Å². The Hall–Kier alpha value is -2.40. The van der Waals surface area contributed by atoms with Crippen molar-refractivity contribution in [2.24, 2.45) is 4.99 Å². The van der Waals surface area contributed by atoms with Gasteiger partial charge in [0.25, 0.3) is 5.95 Å². The SMILES string of the molecule is CSc1nc(/N=C\c2ccccc2)nn1Cc1ccc(C)cc1. The monoisotopic (exact) mass is 322 g/mol. The van der Waals surface area contributed by atoms with Crippen LogP contribution in [-0.2, 0) is 6.54 Å². The highest BCUT2D eigenvalue weighted by molar-refractivity contribution is 7.98. The number of hydrogen-bond donors (Lipinski definition) is 0. The van der Waals surface area contributed by atoms with E-state index in [1.165, 1.54) is 11.1 Å². The highest BCUT2D eigenvalue weighted by atomic mass is 32.2. The lowest BCUT2D eigenvalue weighted by atomic mass is 10.1. The van der Waals surface area contributed by atoms with Crippen molar-refractivity contribution in [1.82, 2.24) is 14.8 Å². The van der Waals surface area contributed by atoms with Crippen LogP contribution < -0.4 is 0 Å². The third-order valence-electron chi connectivity index (χ3n) is 3.39. The van der Waals surface area contributed by atoms with E-state index in [2.05, 4.69) is 46.3 Å². The molecule has 0 amide bonds. The summed E-state index contributed by atoms with van der Waals surface area (Å²) in [5.41, 5.74) is 3.49. The van der Waals surface area contributed by atoms with Crippen molar-refractivity contribution in [3.63, 3.8) is 0 Å². The van der Waals surface area contributed by atoms with E-state index >= 15 is 0 Å². The first kappa shape index (κ1) is 15.5. The van der Waals surface area contributed by atoms with Gasteiger partial charge in [-0.25, -0.2) is 9.67 Å². The van der Waals surface area contributed by atoms with Gasteiger partial charge in [-0.15, -0.1) is 5.10 Å². The molecule has 3 rings (SSSR count).